The molecule has 2 bridgehead atoms. The van der Waals surface area contributed by atoms with Gasteiger partial charge in [0.1, 0.15) is 0 Å². The van der Waals surface area contributed by atoms with Crippen LogP contribution in [0, 0.1) is 5.92 Å². The molecule has 0 saturated carbocycles. The van der Waals surface area contributed by atoms with E-state index in [1.54, 1.807) is 0 Å². The molecule has 0 aromatic heterocycles. The maximum absolute atomic E-state index is 6.31. The van der Waals surface area contributed by atoms with Gasteiger partial charge in [-0.25, -0.2) is 0 Å². The van der Waals surface area contributed by atoms with Gasteiger partial charge in [-0.3, -0.25) is 0 Å². The van der Waals surface area contributed by atoms with Gasteiger partial charge in [-0.05, 0) is 35.6 Å². The highest BCUT2D eigenvalue weighted by molar-refractivity contribution is 6.30. The molecular weight excluding hydrogens is 326 g/mol. The van der Waals surface area contributed by atoms with Crippen molar-refractivity contribution in [2.75, 3.05) is 14.1 Å². The minimum atomic E-state index is 0.456. The molecule has 25 heavy (non-hydrogen) atoms. The Kier molecular flexibility index (Phi) is 4.64. The molecule has 132 valence electrons. The van der Waals surface area contributed by atoms with E-state index >= 15 is 0 Å². The van der Waals surface area contributed by atoms with E-state index in [2.05, 4.69) is 62.6 Å². The van der Waals surface area contributed by atoms with E-state index in [0.29, 0.717) is 5.92 Å². The van der Waals surface area contributed by atoms with Crippen molar-refractivity contribution in [3.8, 4) is 0 Å². The van der Waals surface area contributed by atoms with Crippen LogP contribution in [0.3, 0.4) is 0 Å². The van der Waals surface area contributed by atoms with Crippen molar-refractivity contribution in [1.29, 1.82) is 0 Å². The molecule has 2 fully saturated rings. The summed E-state index contributed by atoms with van der Waals surface area (Å²) in [6.07, 6.45) is 6.85. The summed E-state index contributed by atoms with van der Waals surface area (Å²) in [5.41, 5.74) is 2.79. The number of hydrogen-bond donors (Lipinski definition) is 0. The van der Waals surface area contributed by atoms with Gasteiger partial charge in [0.05, 0.1) is 26.2 Å². The number of quaternary nitrogens is 1. The van der Waals surface area contributed by atoms with Crippen molar-refractivity contribution in [3.05, 3.63) is 70.7 Å². The van der Waals surface area contributed by atoms with E-state index in [0.717, 1.165) is 23.0 Å². The van der Waals surface area contributed by atoms with Crippen LogP contribution in [0.2, 0.25) is 5.02 Å². The first-order valence-corrected chi connectivity index (χ1v) is 10.1. The van der Waals surface area contributed by atoms with E-state index in [-0.39, 0.29) is 0 Å². The van der Waals surface area contributed by atoms with Gasteiger partial charge in [0.25, 0.3) is 0 Å². The molecule has 2 aromatic rings. The largest absolute Gasteiger partial charge is 0.324 e. The second-order valence-electron chi connectivity index (χ2n) is 8.61. The van der Waals surface area contributed by atoms with Gasteiger partial charge in [0.2, 0.25) is 0 Å². The van der Waals surface area contributed by atoms with Crippen molar-refractivity contribution in [1.82, 2.24) is 0 Å². The van der Waals surface area contributed by atoms with E-state index in [1.165, 1.54) is 47.7 Å². The molecule has 0 amide bonds. The van der Waals surface area contributed by atoms with Crippen LogP contribution in [0.5, 0.6) is 0 Å². The minimum Gasteiger partial charge on any atom is -0.324 e. The highest BCUT2D eigenvalue weighted by Crippen LogP contribution is 2.46. The zero-order chi connectivity index (χ0) is 17.4. The van der Waals surface area contributed by atoms with Crippen LogP contribution >= 0.6 is 11.6 Å². The van der Waals surface area contributed by atoms with Gasteiger partial charge in [-0.1, -0.05) is 54.1 Å². The van der Waals surface area contributed by atoms with Crippen molar-refractivity contribution in [2.24, 2.45) is 5.92 Å². The third-order valence-electron chi connectivity index (χ3n) is 6.95. The number of piperidine rings is 1. The zero-order valence-corrected chi connectivity index (χ0v) is 16.1. The molecular formula is C23H29ClN+. The summed E-state index contributed by atoms with van der Waals surface area (Å²) < 4.78 is 1.25. The van der Waals surface area contributed by atoms with Crippen molar-refractivity contribution in [2.45, 2.75) is 50.1 Å². The minimum absolute atomic E-state index is 0.456. The first-order valence-electron chi connectivity index (χ1n) is 9.68. The van der Waals surface area contributed by atoms with Crippen LogP contribution in [-0.4, -0.2) is 30.7 Å². The third-order valence-corrected chi connectivity index (χ3v) is 7.18. The molecule has 2 heteroatoms. The normalized spacial score (nSPS) is 28.7. The Balaban J connectivity index is 1.60. The summed E-state index contributed by atoms with van der Waals surface area (Å²) in [5.74, 6) is 1.28. The molecule has 2 saturated heterocycles. The second-order valence-corrected chi connectivity index (χ2v) is 9.04. The summed E-state index contributed by atoms with van der Waals surface area (Å²) in [4.78, 5) is 0. The van der Waals surface area contributed by atoms with Crippen molar-refractivity contribution >= 4 is 11.6 Å². The maximum Gasteiger partial charge on any atom is 0.0893 e. The Morgan fingerprint density at radius 3 is 2.20 bits per heavy atom. The average Bonchev–Trinajstić information content (AvgIpc) is 2.78. The number of benzene rings is 2. The Morgan fingerprint density at radius 2 is 1.56 bits per heavy atom. The number of hydrogen-bond acceptors (Lipinski definition) is 0. The molecule has 2 aromatic carbocycles. The van der Waals surface area contributed by atoms with Gasteiger partial charge < -0.3 is 4.48 Å². The van der Waals surface area contributed by atoms with Gasteiger partial charge >= 0.3 is 0 Å². The number of rotatable bonds is 4. The standard InChI is InChI=1S/C23H29ClN/c1-25(2)21-11-12-22(25)14-17(13-21)15-23(18-7-4-3-5-8-18)19-9-6-10-20(24)16-19/h3-10,16-17,21-23H,11-15H2,1-2H3/q+1/t17?,21-,22+,23?. The van der Waals surface area contributed by atoms with E-state index in [1.807, 2.05) is 6.07 Å². The van der Waals surface area contributed by atoms with Crippen LogP contribution in [0.1, 0.15) is 49.1 Å². The summed E-state index contributed by atoms with van der Waals surface area (Å²) >= 11 is 6.31. The summed E-state index contributed by atoms with van der Waals surface area (Å²) in [6, 6.07) is 21.2. The average molecular weight is 355 g/mol. The van der Waals surface area contributed by atoms with Gasteiger partial charge in [-0.15, -0.1) is 0 Å². The second kappa shape index (κ2) is 6.78. The van der Waals surface area contributed by atoms with Crippen LogP contribution in [-0.2, 0) is 0 Å². The number of fused-ring (bicyclic) bond motifs is 2. The lowest BCUT2D eigenvalue weighted by atomic mass is 9.78. The van der Waals surface area contributed by atoms with E-state index in [9.17, 15) is 0 Å². The third kappa shape index (κ3) is 3.37. The zero-order valence-electron chi connectivity index (χ0n) is 15.4. The van der Waals surface area contributed by atoms with Crippen LogP contribution in [0.25, 0.3) is 0 Å². The molecule has 2 aliphatic heterocycles. The van der Waals surface area contributed by atoms with Gasteiger partial charge in [-0.2, -0.15) is 0 Å². The predicted molar refractivity (Wildman–Crippen MR) is 106 cm³/mol. The summed E-state index contributed by atoms with van der Waals surface area (Å²) in [7, 11) is 4.90. The number of halogens is 1. The Hall–Kier alpha value is -1.31. The highest BCUT2D eigenvalue weighted by Gasteiger charge is 2.48. The van der Waals surface area contributed by atoms with Crippen LogP contribution in [0.15, 0.2) is 54.6 Å². The smallest absolute Gasteiger partial charge is 0.0893 e. The lowest BCUT2D eigenvalue weighted by Gasteiger charge is -2.45. The molecule has 4 rings (SSSR count). The SMILES string of the molecule is C[N+]1(C)[C@@H]2CC[C@H]1CC(CC(c1ccccc1)c1cccc(Cl)c1)C2. The molecule has 1 nitrogen and oxygen atoms in total. The molecule has 0 radical (unpaired) electrons. The highest BCUT2D eigenvalue weighted by atomic mass is 35.5. The van der Waals surface area contributed by atoms with Gasteiger partial charge in [0.15, 0.2) is 0 Å². The lowest BCUT2D eigenvalue weighted by Crippen LogP contribution is -2.54. The first-order chi connectivity index (χ1) is 12.0. The van der Waals surface area contributed by atoms with Crippen molar-refractivity contribution < 1.29 is 4.48 Å². The Bertz CT molecular complexity index is 708. The Morgan fingerprint density at radius 1 is 0.920 bits per heavy atom. The molecule has 2 heterocycles. The molecule has 2 unspecified atom stereocenters. The fourth-order valence-corrected chi connectivity index (χ4v) is 5.59. The van der Waals surface area contributed by atoms with E-state index < -0.39 is 0 Å². The quantitative estimate of drug-likeness (QED) is 0.601. The van der Waals surface area contributed by atoms with E-state index in [4.69, 9.17) is 11.6 Å². The summed E-state index contributed by atoms with van der Waals surface area (Å²) in [5, 5.41) is 0.847. The predicted octanol–water partition coefficient (Wildman–Crippen LogP) is 5.88. The lowest BCUT2D eigenvalue weighted by molar-refractivity contribution is -0.931. The fourth-order valence-electron chi connectivity index (χ4n) is 5.39. The monoisotopic (exact) mass is 354 g/mol. The topological polar surface area (TPSA) is 0 Å². The summed E-state index contributed by atoms with van der Waals surface area (Å²) in [6.45, 7) is 0. The fraction of sp³-hybridized carbons (Fsp3) is 0.478. The molecule has 0 aliphatic carbocycles. The molecule has 0 spiro atoms. The molecule has 4 atom stereocenters. The maximum atomic E-state index is 6.31. The van der Waals surface area contributed by atoms with Crippen LogP contribution in [0.4, 0.5) is 0 Å². The Labute approximate surface area is 157 Å². The molecule has 0 N–H and O–H groups in total. The first kappa shape index (κ1) is 17.1. The van der Waals surface area contributed by atoms with Gasteiger partial charge in [0, 0.05) is 36.6 Å². The number of nitrogens with zero attached hydrogens (tertiary/aromatic N) is 1. The molecule has 2 aliphatic rings. The van der Waals surface area contributed by atoms with Crippen LogP contribution < -0.4 is 0 Å². The van der Waals surface area contributed by atoms with Crippen molar-refractivity contribution in [3.63, 3.8) is 0 Å².